The van der Waals surface area contributed by atoms with E-state index in [1.165, 1.54) is 11.1 Å². The van der Waals surface area contributed by atoms with Gasteiger partial charge in [0.25, 0.3) is 0 Å². The molecule has 0 heterocycles. The summed E-state index contributed by atoms with van der Waals surface area (Å²) in [5.74, 6) is 5.43. The highest BCUT2D eigenvalue weighted by molar-refractivity contribution is 5.77. The van der Waals surface area contributed by atoms with E-state index in [1.54, 1.807) is 0 Å². The van der Waals surface area contributed by atoms with Crippen LogP contribution in [-0.4, -0.2) is 17.9 Å². The maximum atomic E-state index is 5.57. The number of aryl methyl sites for hydroxylation is 1. The zero-order valence-corrected chi connectivity index (χ0v) is 8.57. The zero-order valence-electron chi connectivity index (χ0n) is 8.57. The molecule has 0 saturated heterocycles. The summed E-state index contributed by atoms with van der Waals surface area (Å²) in [5, 5.41) is 3.43. The maximum absolute atomic E-state index is 5.57. The van der Waals surface area contributed by atoms with Gasteiger partial charge in [0.15, 0.2) is 0 Å². The molecule has 0 aliphatic carbocycles. The van der Waals surface area contributed by atoms with Crippen molar-refractivity contribution in [2.24, 2.45) is 16.7 Å². The fourth-order valence-corrected chi connectivity index (χ4v) is 1.22. The van der Waals surface area contributed by atoms with E-state index in [4.69, 9.17) is 11.6 Å². The van der Waals surface area contributed by atoms with Gasteiger partial charge in [-0.2, -0.15) is 0 Å². The molecule has 0 unspecified atom stereocenters. The largest absolute Gasteiger partial charge is 0.368 e. The van der Waals surface area contributed by atoms with E-state index in [-0.39, 0.29) is 0 Å². The summed E-state index contributed by atoms with van der Waals surface area (Å²) in [4.78, 5) is 1.81. The van der Waals surface area contributed by atoms with Gasteiger partial charge in [0.05, 0.1) is 0 Å². The van der Waals surface area contributed by atoms with Gasteiger partial charge in [-0.25, -0.2) is 0 Å². The van der Waals surface area contributed by atoms with Crippen LogP contribution in [0.2, 0.25) is 0 Å². The summed E-state index contributed by atoms with van der Waals surface area (Å²) < 4.78 is 0. The van der Waals surface area contributed by atoms with Crippen molar-refractivity contribution in [3.05, 3.63) is 35.4 Å². The summed E-state index contributed by atoms with van der Waals surface area (Å²) in [6.07, 6.45) is 0. The number of hydrogen-bond donors (Lipinski definition) is 2. The van der Waals surface area contributed by atoms with Gasteiger partial charge in [-0.1, -0.05) is 24.3 Å². The van der Waals surface area contributed by atoms with Crippen molar-refractivity contribution in [3.63, 3.8) is 0 Å². The molecule has 1 rings (SSSR count). The molecule has 0 fully saturated rings. The molecule has 14 heavy (non-hydrogen) atoms. The summed E-state index contributed by atoms with van der Waals surface area (Å²) >= 11 is 0. The first-order chi connectivity index (χ1) is 6.65. The van der Waals surface area contributed by atoms with Crippen molar-refractivity contribution in [2.45, 2.75) is 13.5 Å². The molecule has 0 aliphatic heterocycles. The van der Waals surface area contributed by atoms with E-state index < -0.39 is 0 Å². The Hall–Kier alpha value is -1.71. The van der Waals surface area contributed by atoms with Gasteiger partial charge in [-0.3, -0.25) is 0 Å². The van der Waals surface area contributed by atoms with Gasteiger partial charge >= 0.3 is 0 Å². The Balaban J connectivity index is 2.74. The van der Waals surface area contributed by atoms with Crippen LogP contribution in [0.3, 0.4) is 0 Å². The van der Waals surface area contributed by atoms with Crippen molar-refractivity contribution < 1.29 is 0 Å². The number of guanidine groups is 1. The van der Waals surface area contributed by atoms with E-state index in [0.29, 0.717) is 5.96 Å². The molecule has 1 aromatic carbocycles. The van der Waals surface area contributed by atoms with Crippen molar-refractivity contribution in [1.29, 1.82) is 0 Å². The van der Waals surface area contributed by atoms with E-state index in [1.807, 2.05) is 24.1 Å². The predicted octanol–water partition coefficient (Wildman–Crippen LogP) is 0.615. The smallest absolute Gasteiger partial charge is 0.213 e. The molecule has 0 bridgehead atoms. The highest BCUT2D eigenvalue weighted by atomic mass is 15.3. The molecule has 0 atom stereocenters. The Morgan fingerprint density at radius 2 is 2.07 bits per heavy atom. The second kappa shape index (κ2) is 4.50. The first kappa shape index (κ1) is 10.4. The normalized spacial score (nSPS) is 11.4. The molecule has 0 saturated carbocycles. The molecule has 0 radical (unpaired) electrons. The van der Waals surface area contributed by atoms with E-state index >= 15 is 0 Å². The summed E-state index contributed by atoms with van der Waals surface area (Å²) in [6, 6.07) is 8.15. The Morgan fingerprint density at radius 1 is 1.43 bits per heavy atom. The monoisotopic (exact) mass is 192 g/mol. The van der Waals surface area contributed by atoms with Crippen LogP contribution < -0.4 is 11.6 Å². The third-order valence-electron chi connectivity index (χ3n) is 2.19. The van der Waals surface area contributed by atoms with Crippen molar-refractivity contribution in [3.8, 4) is 0 Å². The predicted molar refractivity (Wildman–Crippen MR) is 58.5 cm³/mol. The van der Waals surface area contributed by atoms with Gasteiger partial charge in [0.2, 0.25) is 5.96 Å². The Morgan fingerprint density at radius 3 is 2.64 bits per heavy atom. The molecule has 4 N–H and O–H groups in total. The van der Waals surface area contributed by atoms with Crippen LogP contribution in [0.15, 0.2) is 29.4 Å². The van der Waals surface area contributed by atoms with E-state index in [2.05, 4.69) is 24.2 Å². The van der Waals surface area contributed by atoms with Gasteiger partial charge in [-0.05, 0) is 18.1 Å². The molecule has 4 heteroatoms. The van der Waals surface area contributed by atoms with Crippen molar-refractivity contribution in [1.82, 2.24) is 4.90 Å². The van der Waals surface area contributed by atoms with Crippen LogP contribution in [0.4, 0.5) is 0 Å². The molecule has 0 aliphatic rings. The lowest BCUT2D eigenvalue weighted by Gasteiger charge is -2.18. The number of rotatable bonds is 2. The lowest BCUT2D eigenvalue weighted by molar-refractivity contribution is 0.491. The van der Waals surface area contributed by atoms with Crippen LogP contribution in [0.1, 0.15) is 11.1 Å². The second-order valence-corrected chi connectivity index (χ2v) is 3.27. The van der Waals surface area contributed by atoms with Crippen LogP contribution in [0.25, 0.3) is 0 Å². The molecule has 1 aromatic rings. The zero-order chi connectivity index (χ0) is 10.6. The molecule has 0 aromatic heterocycles. The fraction of sp³-hybridized carbons (Fsp3) is 0.300. The van der Waals surface area contributed by atoms with Crippen molar-refractivity contribution in [2.75, 3.05) is 7.05 Å². The highest BCUT2D eigenvalue weighted by Gasteiger charge is 2.03. The van der Waals surface area contributed by atoms with Gasteiger partial charge in [-0.15, -0.1) is 5.10 Å². The highest BCUT2D eigenvalue weighted by Crippen LogP contribution is 2.08. The Kier molecular flexibility index (Phi) is 3.34. The first-order valence-corrected chi connectivity index (χ1v) is 4.44. The van der Waals surface area contributed by atoms with E-state index in [9.17, 15) is 0 Å². The molecular weight excluding hydrogens is 176 g/mol. The lowest BCUT2D eigenvalue weighted by atomic mass is 10.1. The molecular formula is C10H16N4. The topological polar surface area (TPSA) is 67.6 Å². The lowest BCUT2D eigenvalue weighted by Crippen LogP contribution is -2.34. The average Bonchev–Trinajstić information content (AvgIpc) is 2.20. The number of nitrogens with zero attached hydrogens (tertiary/aromatic N) is 2. The fourth-order valence-electron chi connectivity index (χ4n) is 1.22. The maximum Gasteiger partial charge on any atom is 0.213 e. The van der Waals surface area contributed by atoms with Gasteiger partial charge in [0, 0.05) is 13.6 Å². The summed E-state index contributed by atoms with van der Waals surface area (Å²) in [7, 11) is 1.86. The number of hydrogen-bond acceptors (Lipinski definition) is 2. The van der Waals surface area contributed by atoms with Gasteiger partial charge in [0.1, 0.15) is 0 Å². The first-order valence-electron chi connectivity index (χ1n) is 4.44. The van der Waals surface area contributed by atoms with Crippen LogP contribution >= 0.6 is 0 Å². The van der Waals surface area contributed by atoms with E-state index in [0.717, 1.165) is 6.54 Å². The third kappa shape index (κ3) is 2.39. The molecule has 0 amide bonds. The number of hydrazone groups is 1. The number of nitrogens with two attached hydrogens (primary N) is 2. The number of benzene rings is 1. The summed E-state index contributed by atoms with van der Waals surface area (Å²) in [6.45, 7) is 2.79. The molecule has 4 nitrogen and oxygen atoms in total. The minimum atomic E-state index is 0.341. The SMILES string of the molecule is Cc1ccccc1CN(C)C(N)=NN. The minimum absolute atomic E-state index is 0.341. The molecule has 76 valence electrons. The standard InChI is InChI=1S/C10H16N4/c1-8-5-3-4-6-9(8)7-14(2)10(11)13-12/h3-6H,7,12H2,1-2H3,(H2,11,13). The Labute approximate surface area is 84.2 Å². The quantitative estimate of drug-likeness (QED) is 0.312. The van der Waals surface area contributed by atoms with Crippen LogP contribution in [-0.2, 0) is 6.54 Å². The average molecular weight is 192 g/mol. The summed E-state index contributed by atoms with van der Waals surface area (Å²) in [5.41, 5.74) is 8.03. The van der Waals surface area contributed by atoms with Crippen LogP contribution in [0.5, 0.6) is 0 Å². The third-order valence-corrected chi connectivity index (χ3v) is 2.19. The Bertz CT molecular complexity index is 333. The second-order valence-electron chi connectivity index (χ2n) is 3.27. The minimum Gasteiger partial charge on any atom is -0.368 e. The van der Waals surface area contributed by atoms with Crippen LogP contribution in [0, 0.1) is 6.92 Å². The van der Waals surface area contributed by atoms with Crippen molar-refractivity contribution >= 4 is 5.96 Å². The molecule has 0 spiro atoms. The van der Waals surface area contributed by atoms with Gasteiger partial charge < -0.3 is 16.5 Å².